The van der Waals surface area contributed by atoms with Crippen LogP contribution in [0.3, 0.4) is 0 Å². The minimum atomic E-state index is -1.19. The maximum atomic E-state index is 11.9. The van der Waals surface area contributed by atoms with Crippen LogP contribution in [0.15, 0.2) is 0 Å². The third-order valence-electron chi connectivity index (χ3n) is 2.62. The molecule has 9 heteroatoms. The Hall–Kier alpha value is -2.45. The van der Waals surface area contributed by atoms with Crippen LogP contribution in [0.25, 0.3) is 0 Å². The zero-order valence-corrected chi connectivity index (χ0v) is 11.3. The number of carboxylic acid groups (broad SMARTS) is 1. The smallest absolute Gasteiger partial charge is 0.326 e. The SMILES string of the molecule is Cc1[nH]nc(C(=O)N[C@@H](CC(C)C)C(=O)O)c1[N+](=O)[O-]. The molecule has 0 saturated heterocycles. The van der Waals surface area contributed by atoms with Gasteiger partial charge < -0.3 is 10.4 Å². The fourth-order valence-corrected chi connectivity index (χ4v) is 1.72. The molecule has 0 radical (unpaired) electrons. The van der Waals surface area contributed by atoms with Crippen molar-refractivity contribution in [2.45, 2.75) is 33.2 Å². The zero-order valence-electron chi connectivity index (χ0n) is 11.3. The minimum Gasteiger partial charge on any atom is -0.480 e. The Labute approximate surface area is 114 Å². The Kier molecular flexibility index (Phi) is 4.78. The monoisotopic (exact) mass is 284 g/mol. The van der Waals surface area contributed by atoms with Crippen LogP contribution >= 0.6 is 0 Å². The number of aromatic amines is 1. The number of amides is 1. The Morgan fingerprint density at radius 3 is 2.55 bits per heavy atom. The topological polar surface area (TPSA) is 138 Å². The van der Waals surface area contributed by atoms with Crippen molar-refractivity contribution in [1.82, 2.24) is 15.5 Å². The molecule has 0 aliphatic carbocycles. The van der Waals surface area contributed by atoms with Gasteiger partial charge in [0.25, 0.3) is 5.91 Å². The summed E-state index contributed by atoms with van der Waals surface area (Å²) in [6, 6.07) is -1.11. The number of carbonyl (C=O) groups is 2. The number of hydrogen-bond acceptors (Lipinski definition) is 5. The molecule has 0 aromatic carbocycles. The van der Waals surface area contributed by atoms with E-state index in [2.05, 4.69) is 15.5 Å². The lowest BCUT2D eigenvalue weighted by Gasteiger charge is -2.15. The van der Waals surface area contributed by atoms with E-state index in [-0.39, 0.29) is 18.0 Å². The molecule has 20 heavy (non-hydrogen) atoms. The number of H-pyrrole nitrogens is 1. The van der Waals surface area contributed by atoms with E-state index in [0.717, 1.165) is 0 Å². The van der Waals surface area contributed by atoms with Gasteiger partial charge in [-0.1, -0.05) is 13.8 Å². The maximum absolute atomic E-state index is 11.9. The summed E-state index contributed by atoms with van der Waals surface area (Å²) >= 11 is 0. The number of nitrogens with one attached hydrogen (secondary N) is 2. The van der Waals surface area contributed by atoms with Gasteiger partial charge in [-0.3, -0.25) is 20.0 Å². The van der Waals surface area contributed by atoms with Crippen LogP contribution in [0.1, 0.15) is 36.5 Å². The minimum absolute atomic E-state index is 0.0484. The van der Waals surface area contributed by atoms with Crippen LogP contribution in [0.5, 0.6) is 0 Å². The molecule has 3 N–H and O–H groups in total. The van der Waals surface area contributed by atoms with Gasteiger partial charge in [-0.2, -0.15) is 5.10 Å². The summed E-state index contributed by atoms with van der Waals surface area (Å²) in [4.78, 5) is 33.1. The van der Waals surface area contributed by atoms with Gasteiger partial charge in [-0.25, -0.2) is 4.79 Å². The molecule has 0 aliphatic heterocycles. The fraction of sp³-hybridized carbons (Fsp3) is 0.545. The molecule has 0 spiro atoms. The summed E-state index contributed by atoms with van der Waals surface area (Å²) in [5.74, 6) is -2.02. The summed E-state index contributed by atoms with van der Waals surface area (Å²) in [6.45, 7) is 5.02. The second-order valence-electron chi connectivity index (χ2n) is 4.80. The molecule has 1 heterocycles. The number of nitro groups is 1. The number of hydrogen-bond donors (Lipinski definition) is 3. The van der Waals surface area contributed by atoms with E-state index in [0.29, 0.717) is 0 Å². The number of aromatic nitrogens is 2. The summed E-state index contributed by atoms with van der Waals surface area (Å²) < 4.78 is 0. The lowest BCUT2D eigenvalue weighted by molar-refractivity contribution is -0.385. The van der Waals surface area contributed by atoms with Crippen LogP contribution < -0.4 is 5.32 Å². The number of rotatable bonds is 6. The number of aliphatic carboxylic acids is 1. The predicted molar refractivity (Wildman–Crippen MR) is 68.3 cm³/mol. The van der Waals surface area contributed by atoms with E-state index in [1.807, 2.05) is 13.8 Å². The van der Waals surface area contributed by atoms with Crippen LogP contribution in [-0.2, 0) is 4.79 Å². The highest BCUT2D eigenvalue weighted by molar-refractivity contribution is 5.98. The molecule has 0 bridgehead atoms. The number of aryl methyl sites for hydroxylation is 1. The third kappa shape index (κ3) is 3.53. The average molecular weight is 284 g/mol. The lowest BCUT2D eigenvalue weighted by Crippen LogP contribution is -2.42. The summed E-state index contributed by atoms with van der Waals surface area (Å²) in [5.41, 5.74) is -0.727. The Morgan fingerprint density at radius 2 is 2.10 bits per heavy atom. The van der Waals surface area contributed by atoms with Crippen molar-refractivity contribution in [1.29, 1.82) is 0 Å². The van der Waals surface area contributed by atoms with Gasteiger partial charge in [-0.15, -0.1) is 0 Å². The summed E-state index contributed by atoms with van der Waals surface area (Å²) in [5, 5.41) is 28.0. The zero-order chi connectivity index (χ0) is 15.4. The van der Waals surface area contributed by atoms with E-state index in [9.17, 15) is 19.7 Å². The molecule has 1 rings (SSSR count). The van der Waals surface area contributed by atoms with Crippen LogP contribution in [0, 0.1) is 23.0 Å². The molecule has 1 amide bonds. The third-order valence-corrected chi connectivity index (χ3v) is 2.62. The number of carboxylic acids is 1. The van der Waals surface area contributed by atoms with E-state index >= 15 is 0 Å². The molecule has 9 nitrogen and oxygen atoms in total. The second-order valence-corrected chi connectivity index (χ2v) is 4.80. The number of nitrogens with zero attached hydrogens (tertiary/aromatic N) is 2. The Morgan fingerprint density at radius 1 is 1.50 bits per heavy atom. The maximum Gasteiger partial charge on any atom is 0.326 e. The molecule has 0 aliphatic rings. The quantitative estimate of drug-likeness (QED) is 0.523. The molecular formula is C11H16N4O5. The standard InChI is InChI=1S/C11H16N4O5/c1-5(2)4-7(11(17)18)12-10(16)8-9(15(19)20)6(3)13-14-8/h5,7H,4H2,1-3H3,(H,12,16)(H,13,14)(H,17,18)/t7-/m0/s1. The van der Waals surface area contributed by atoms with Crippen molar-refractivity contribution in [2.24, 2.45) is 5.92 Å². The fourth-order valence-electron chi connectivity index (χ4n) is 1.72. The van der Waals surface area contributed by atoms with Crippen LogP contribution in [-0.4, -0.2) is 38.1 Å². The van der Waals surface area contributed by atoms with Gasteiger partial charge in [0, 0.05) is 0 Å². The van der Waals surface area contributed by atoms with Crippen molar-refractivity contribution < 1.29 is 19.6 Å². The van der Waals surface area contributed by atoms with Gasteiger partial charge in [-0.05, 0) is 19.3 Å². The molecule has 0 fully saturated rings. The van der Waals surface area contributed by atoms with E-state index < -0.39 is 34.2 Å². The molecular weight excluding hydrogens is 268 g/mol. The van der Waals surface area contributed by atoms with Crippen molar-refractivity contribution in [2.75, 3.05) is 0 Å². The van der Waals surface area contributed by atoms with Gasteiger partial charge in [0.05, 0.1) is 4.92 Å². The first kappa shape index (κ1) is 15.6. The van der Waals surface area contributed by atoms with E-state index in [1.54, 1.807) is 0 Å². The van der Waals surface area contributed by atoms with Crippen molar-refractivity contribution in [3.8, 4) is 0 Å². The normalized spacial score (nSPS) is 12.2. The average Bonchev–Trinajstić information content (AvgIpc) is 2.69. The first-order valence-corrected chi connectivity index (χ1v) is 5.97. The summed E-state index contributed by atoms with van der Waals surface area (Å²) in [7, 11) is 0. The van der Waals surface area contributed by atoms with E-state index in [1.165, 1.54) is 6.92 Å². The lowest BCUT2D eigenvalue weighted by atomic mass is 10.0. The van der Waals surface area contributed by atoms with Gasteiger partial charge in [0.15, 0.2) is 0 Å². The van der Waals surface area contributed by atoms with Crippen LogP contribution in [0.4, 0.5) is 5.69 Å². The highest BCUT2D eigenvalue weighted by Crippen LogP contribution is 2.20. The largest absolute Gasteiger partial charge is 0.480 e. The van der Waals surface area contributed by atoms with Gasteiger partial charge >= 0.3 is 11.7 Å². The van der Waals surface area contributed by atoms with Crippen molar-refractivity contribution >= 4 is 17.6 Å². The summed E-state index contributed by atoms with van der Waals surface area (Å²) in [6.07, 6.45) is 0.221. The number of carbonyl (C=O) groups excluding carboxylic acids is 1. The molecule has 0 unspecified atom stereocenters. The highest BCUT2D eigenvalue weighted by atomic mass is 16.6. The van der Waals surface area contributed by atoms with Crippen molar-refractivity contribution in [3.63, 3.8) is 0 Å². The molecule has 1 atom stereocenters. The molecule has 1 aromatic rings. The van der Waals surface area contributed by atoms with Crippen LogP contribution in [0.2, 0.25) is 0 Å². The molecule has 0 saturated carbocycles. The van der Waals surface area contributed by atoms with Crippen molar-refractivity contribution in [3.05, 3.63) is 21.5 Å². The van der Waals surface area contributed by atoms with Gasteiger partial charge in [0.1, 0.15) is 11.7 Å². The predicted octanol–water partition coefficient (Wildman–Crippen LogP) is 0.855. The van der Waals surface area contributed by atoms with E-state index in [4.69, 9.17) is 5.11 Å². The Balaban J connectivity index is 2.95. The first-order chi connectivity index (χ1) is 9.23. The second kappa shape index (κ2) is 6.13. The molecule has 1 aromatic heterocycles. The van der Waals surface area contributed by atoms with Gasteiger partial charge in [0.2, 0.25) is 5.69 Å². The highest BCUT2D eigenvalue weighted by Gasteiger charge is 2.30. The first-order valence-electron chi connectivity index (χ1n) is 5.97. The molecule has 110 valence electrons. The Bertz CT molecular complexity index is 537.